The molecule has 2 amide bonds. The second kappa shape index (κ2) is 5.82. The van der Waals surface area contributed by atoms with Crippen LogP contribution in [0, 0.1) is 0 Å². The van der Waals surface area contributed by atoms with Gasteiger partial charge < -0.3 is 5.32 Å². The zero-order valence-electron chi connectivity index (χ0n) is 12.3. The summed E-state index contributed by atoms with van der Waals surface area (Å²) >= 11 is 0. The maximum absolute atomic E-state index is 12.3. The second-order valence-corrected chi connectivity index (χ2v) is 6.30. The van der Waals surface area contributed by atoms with Gasteiger partial charge in [0, 0.05) is 25.2 Å². The molecule has 3 saturated heterocycles. The summed E-state index contributed by atoms with van der Waals surface area (Å²) in [4.78, 5) is 28.2. The lowest BCUT2D eigenvalue weighted by atomic mass is 9.98. The van der Waals surface area contributed by atoms with E-state index in [-0.39, 0.29) is 17.9 Å². The lowest BCUT2D eigenvalue weighted by Crippen LogP contribution is -2.50. The number of carbonyl (C=O) groups is 2. The van der Waals surface area contributed by atoms with Crippen molar-refractivity contribution in [2.24, 2.45) is 0 Å². The van der Waals surface area contributed by atoms with E-state index >= 15 is 0 Å². The minimum Gasteiger partial charge on any atom is -0.301 e. The number of imide groups is 1. The van der Waals surface area contributed by atoms with Gasteiger partial charge in [0.05, 0.1) is 12.5 Å². The number of fused-ring (bicyclic) bond motifs is 1. The third kappa shape index (κ3) is 2.49. The number of nitrogens with zero attached hydrogens (tertiary/aromatic N) is 2. The molecule has 0 spiro atoms. The molecule has 3 heterocycles. The van der Waals surface area contributed by atoms with Crippen LogP contribution in [0.5, 0.6) is 0 Å². The van der Waals surface area contributed by atoms with Crippen molar-refractivity contribution in [3.8, 4) is 0 Å². The van der Waals surface area contributed by atoms with E-state index in [2.05, 4.69) is 10.2 Å². The van der Waals surface area contributed by atoms with Crippen LogP contribution in [0.3, 0.4) is 0 Å². The Balaban J connectivity index is 1.61. The molecule has 1 N–H and O–H groups in total. The van der Waals surface area contributed by atoms with Crippen LogP contribution in [-0.2, 0) is 9.59 Å². The van der Waals surface area contributed by atoms with Crippen LogP contribution in [0.2, 0.25) is 0 Å². The van der Waals surface area contributed by atoms with E-state index in [0.29, 0.717) is 25.0 Å². The lowest BCUT2D eigenvalue weighted by Gasteiger charge is -2.33. The van der Waals surface area contributed by atoms with E-state index in [4.69, 9.17) is 0 Å². The molecule has 112 valence electrons. The predicted molar refractivity (Wildman–Crippen MR) is 76.2 cm³/mol. The van der Waals surface area contributed by atoms with Gasteiger partial charge in [-0.25, -0.2) is 0 Å². The Kier molecular flexibility index (Phi) is 4.08. The molecule has 0 radical (unpaired) electrons. The third-order valence-electron chi connectivity index (χ3n) is 4.96. The minimum absolute atomic E-state index is 0.00662. The zero-order valence-corrected chi connectivity index (χ0v) is 12.3. The van der Waals surface area contributed by atoms with Crippen molar-refractivity contribution in [1.82, 2.24) is 15.1 Å². The molecule has 0 aliphatic carbocycles. The van der Waals surface area contributed by atoms with Gasteiger partial charge in [-0.3, -0.25) is 19.4 Å². The highest BCUT2D eigenvalue weighted by Crippen LogP contribution is 2.28. The summed E-state index contributed by atoms with van der Waals surface area (Å²) in [5.41, 5.74) is 0. The molecule has 3 aliphatic rings. The predicted octanol–water partition coefficient (Wildman–Crippen LogP) is 0.740. The highest BCUT2D eigenvalue weighted by molar-refractivity contribution is 6.05. The average Bonchev–Trinajstić information content (AvgIpc) is 2.97. The van der Waals surface area contributed by atoms with E-state index in [0.717, 1.165) is 19.4 Å². The van der Waals surface area contributed by atoms with Gasteiger partial charge in [0.2, 0.25) is 11.8 Å². The van der Waals surface area contributed by atoms with E-state index in [1.54, 1.807) is 0 Å². The van der Waals surface area contributed by atoms with Crippen LogP contribution in [0.1, 0.15) is 45.4 Å². The van der Waals surface area contributed by atoms with Crippen molar-refractivity contribution in [1.29, 1.82) is 0 Å². The fourth-order valence-corrected chi connectivity index (χ4v) is 3.97. The summed E-state index contributed by atoms with van der Waals surface area (Å²) in [5.74, 6) is -0.0149. The van der Waals surface area contributed by atoms with Crippen LogP contribution >= 0.6 is 0 Å². The Morgan fingerprint density at radius 1 is 1.20 bits per heavy atom. The molecular formula is C15H25N3O2. The van der Waals surface area contributed by atoms with Crippen LogP contribution in [0.25, 0.3) is 0 Å². The van der Waals surface area contributed by atoms with Gasteiger partial charge in [-0.15, -0.1) is 0 Å². The largest absolute Gasteiger partial charge is 0.301 e. The van der Waals surface area contributed by atoms with Crippen molar-refractivity contribution in [2.45, 2.75) is 63.6 Å². The van der Waals surface area contributed by atoms with Crippen molar-refractivity contribution in [3.05, 3.63) is 0 Å². The summed E-state index contributed by atoms with van der Waals surface area (Å²) in [6, 6.07) is 0.687. The SMILES string of the molecule is CCCN1C(=O)CC(NC2CCN3CCCCC23)C1=O. The number of piperidine rings is 1. The number of likely N-dealkylation sites (tertiary alicyclic amines) is 1. The first-order valence-corrected chi connectivity index (χ1v) is 8.05. The molecule has 5 heteroatoms. The maximum atomic E-state index is 12.3. The Bertz CT molecular complexity index is 399. The molecule has 0 bridgehead atoms. The highest BCUT2D eigenvalue weighted by Gasteiger charge is 2.42. The van der Waals surface area contributed by atoms with Crippen LogP contribution < -0.4 is 5.32 Å². The monoisotopic (exact) mass is 279 g/mol. The smallest absolute Gasteiger partial charge is 0.246 e. The number of rotatable bonds is 4. The Morgan fingerprint density at radius 3 is 2.85 bits per heavy atom. The molecule has 5 nitrogen and oxygen atoms in total. The van der Waals surface area contributed by atoms with Gasteiger partial charge in [0.1, 0.15) is 0 Å². The number of amides is 2. The highest BCUT2D eigenvalue weighted by atomic mass is 16.2. The van der Waals surface area contributed by atoms with Crippen LogP contribution in [0.15, 0.2) is 0 Å². The van der Waals surface area contributed by atoms with Gasteiger partial charge in [-0.2, -0.15) is 0 Å². The van der Waals surface area contributed by atoms with Gasteiger partial charge in [-0.1, -0.05) is 13.3 Å². The summed E-state index contributed by atoms with van der Waals surface area (Å²) in [6.07, 6.45) is 6.11. The van der Waals surface area contributed by atoms with Gasteiger partial charge >= 0.3 is 0 Å². The molecule has 3 aliphatic heterocycles. The molecular weight excluding hydrogens is 254 g/mol. The molecule has 20 heavy (non-hydrogen) atoms. The quantitative estimate of drug-likeness (QED) is 0.771. The lowest BCUT2D eigenvalue weighted by molar-refractivity contribution is -0.138. The first kappa shape index (κ1) is 14.0. The molecule has 3 unspecified atom stereocenters. The van der Waals surface area contributed by atoms with Crippen molar-refractivity contribution >= 4 is 11.8 Å². The van der Waals surface area contributed by atoms with Crippen molar-refractivity contribution in [2.75, 3.05) is 19.6 Å². The van der Waals surface area contributed by atoms with E-state index < -0.39 is 0 Å². The molecule has 0 saturated carbocycles. The summed E-state index contributed by atoms with van der Waals surface area (Å²) in [5, 5.41) is 3.49. The minimum atomic E-state index is -0.277. The summed E-state index contributed by atoms with van der Waals surface area (Å²) < 4.78 is 0. The number of nitrogens with one attached hydrogen (secondary N) is 1. The Labute approximate surface area is 120 Å². The standard InChI is InChI=1S/C15H25N3O2/c1-2-7-18-14(19)10-12(15(18)20)16-11-6-9-17-8-4-3-5-13(11)17/h11-13,16H,2-10H2,1H3. The van der Waals surface area contributed by atoms with E-state index in [1.165, 1.54) is 30.7 Å². The first-order valence-electron chi connectivity index (χ1n) is 8.05. The normalized spacial score (nSPS) is 34.9. The average molecular weight is 279 g/mol. The first-order chi connectivity index (χ1) is 9.70. The second-order valence-electron chi connectivity index (χ2n) is 6.30. The Morgan fingerprint density at radius 2 is 2.05 bits per heavy atom. The maximum Gasteiger partial charge on any atom is 0.246 e. The third-order valence-corrected chi connectivity index (χ3v) is 4.96. The summed E-state index contributed by atoms with van der Waals surface area (Å²) in [7, 11) is 0. The number of carbonyl (C=O) groups excluding carboxylic acids is 2. The number of hydrogen-bond acceptors (Lipinski definition) is 4. The van der Waals surface area contributed by atoms with Gasteiger partial charge in [0.25, 0.3) is 0 Å². The van der Waals surface area contributed by atoms with E-state index in [1.807, 2.05) is 6.92 Å². The van der Waals surface area contributed by atoms with E-state index in [9.17, 15) is 9.59 Å². The molecule has 0 aromatic heterocycles. The summed E-state index contributed by atoms with van der Waals surface area (Å²) in [6.45, 7) is 4.90. The topological polar surface area (TPSA) is 52.7 Å². The molecule has 0 aromatic carbocycles. The fourth-order valence-electron chi connectivity index (χ4n) is 3.97. The van der Waals surface area contributed by atoms with Gasteiger partial charge in [0.15, 0.2) is 0 Å². The van der Waals surface area contributed by atoms with Gasteiger partial charge in [-0.05, 0) is 32.2 Å². The van der Waals surface area contributed by atoms with Crippen LogP contribution in [-0.4, -0.2) is 59.4 Å². The number of hydrogen-bond donors (Lipinski definition) is 1. The molecule has 3 atom stereocenters. The molecule has 3 rings (SSSR count). The molecule has 0 aromatic rings. The van der Waals surface area contributed by atoms with Crippen LogP contribution in [0.4, 0.5) is 0 Å². The van der Waals surface area contributed by atoms with Crippen molar-refractivity contribution in [3.63, 3.8) is 0 Å². The Hall–Kier alpha value is -0.940. The fraction of sp³-hybridized carbons (Fsp3) is 0.867. The van der Waals surface area contributed by atoms with Crippen molar-refractivity contribution < 1.29 is 9.59 Å². The molecule has 3 fully saturated rings. The zero-order chi connectivity index (χ0) is 14.1.